The van der Waals surface area contributed by atoms with Gasteiger partial charge in [-0.15, -0.1) is 0 Å². The lowest BCUT2D eigenvalue weighted by Crippen LogP contribution is -2.53. The molecule has 1 aromatic rings. The van der Waals surface area contributed by atoms with E-state index in [-0.39, 0.29) is 0 Å². The van der Waals surface area contributed by atoms with Gasteiger partial charge in [-0.05, 0) is 23.8 Å². The summed E-state index contributed by atoms with van der Waals surface area (Å²) in [7, 11) is 0. The third-order valence-corrected chi connectivity index (χ3v) is 3.27. The van der Waals surface area contributed by atoms with Crippen LogP contribution in [0.1, 0.15) is 32.8 Å². The van der Waals surface area contributed by atoms with Gasteiger partial charge in [0.15, 0.2) is 0 Å². The zero-order chi connectivity index (χ0) is 13.1. The summed E-state index contributed by atoms with van der Waals surface area (Å²) in [6, 6.07) is 9.77. The van der Waals surface area contributed by atoms with E-state index in [0.29, 0.717) is 12.8 Å². The lowest BCUT2D eigenvalue weighted by Gasteiger charge is -2.37. The maximum atomic E-state index is 11.5. The molecule has 0 aliphatic rings. The van der Waals surface area contributed by atoms with Gasteiger partial charge in [-0.25, -0.2) is 0 Å². The first-order valence-electron chi connectivity index (χ1n) is 5.83. The van der Waals surface area contributed by atoms with Crippen LogP contribution < -0.4 is 5.73 Å². The third-order valence-electron chi connectivity index (χ3n) is 3.27. The molecule has 0 aliphatic carbocycles. The molecule has 0 spiro atoms. The van der Waals surface area contributed by atoms with Gasteiger partial charge in [-0.2, -0.15) is 0 Å². The summed E-state index contributed by atoms with van der Waals surface area (Å²) in [6.45, 7) is 5.47. The fraction of sp³-hybridized carbons (Fsp3) is 0.500. The number of benzene rings is 1. The maximum absolute atomic E-state index is 11.5. The first-order valence-corrected chi connectivity index (χ1v) is 5.83. The molecule has 0 radical (unpaired) electrons. The van der Waals surface area contributed by atoms with E-state index >= 15 is 0 Å². The second kappa shape index (κ2) is 4.88. The van der Waals surface area contributed by atoms with Crippen LogP contribution in [0.25, 0.3) is 0 Å². The molecule has 0 saturated carbocycles. The van der Waals surface area contributed by atoms with Crippen molar-refractivity contribution in [3.05, 3.63) is 35.9 Å². The van der Waals surface area contributed by atoms with Gasteiger partial charge in [0.2, 0.25) is 5.91 Å². The minimum atomic E-state index is -1.47. The van der Waals surface area contributed by atoms with Gasteiger partial charge in [0.1, 0.15) is 5.60 Å². The molecule has 0 aliphatic heterocycles. The predicted molar refractivity (Wildman–Crippen MR) is 68.4 cm³/mol. The Morgan fingerprint density at radius 3 is 2.18 bits per heavy atom. The van der Waals surface area contributed by atoms with Crippen LogP contribution in [0.4, 0.5) is 0 Å². The highest BCUT2D eigenvalue weighted by Gasteiger charge is 2.44. The predicted octanol–water partition coefficient (Wildman–Crippen LogP) is 1.88. The molecule has 0 saturated heterocycles. The number of primary amides is 1. The van der Waals surface area contributed by atoms with E-state index in [1.165, 1.54) is 0 Å². The monoisotopic (exact) mass is 235 g/mol. The largest absolute Gasteiger partial charge is 0.379 e. The van der Waals surface area contributed by atoms with Crippen LogP contribution in [0.3, 0.4) is 0 Å². The summed E-state index contributed by atoms with van der Waals surface area (Å²) in [6.07, 6.45) is 0.980. The molecule has 1 rings (SSSR count). The molecule has 0 bridgehead atoms. The van der Waals surface area contributed by atoms with Crippen molar-refractivity contribution in [2.45, 2.75) is 39.2 Å². The Morgan fingerprint density at radius 1 is 1.24 bits per heavy atom. The van der Waals surface area contributed by atoms with Gasteiger partial charge < -0.3 is 10.8 Å². The average molecular weight is 235 g/mol. The van der Waals surface area contributed by atoms with Gasteiger partial charge in [-0.1, -0.05) is 51.1 Å². The second-order valence-corrected chi connectivity index (χ2v) is 5.46. The number of carbonyl (C=O) groups excluding carboxylic acids is 1. The van der Waals surface area contributed by atoms with Gasteiger partial charge >= 0.3 is 0 Å². The average Bonchev–Trinajstić information content (AvgIpc) is 2.25. The van der Waals surface area contributed by atoms with E-state index < -0.39 is 16.9 Å². The van der Waals surface area contributed by atoms with Crippen LogP contribution in [-0.2, 0) is 11.2 Å². The number of nitrogens with two attached hydrogens (primary N) is 1. The van der Waals surface area contributed by atoms with Crippen LogP contribution in [0.2, 0.25) is 0 Å². The molecule has 1 atom stereocenters. The molecule has 0 heterocycles. The first-order chi connectivity index (χ1) is 7.77. The summed E-state index contributed by atoms with van der Waals surface area (Å²) in [4.78, 5) is 11.5. The van der Waals surface area contributed by atoms with Gasteiger partial charge in [-0.3, -0.25) is 4.79 Å². The third kappa shape index (κ3) is 3.07. The van der Waals surface area contributed by atoms with E-state index in [9.17, 15) is 9.90 Å². The highest BCUT2D eigenvalue weighted by molar-refractivity contribution is 5.84. The Bertz CT molecular complexity index is 381. The summed E-state index contributed by atoms with van der Waals surface area (Å²) >= 11 is 0. The molecule has 17 heavy (non-hydrogen) atoms. The number of carbonyl (C=O) groups is 1. The molecule has 3 nitrogen and oxygen atoms in total. The number of amides is 1. The topological polar surface area (TPSA) is 63.3 Å². The minimum Gasteiger partial charge on any atom is -0.379 e. The van der Waals surface area contributed by atoms with Crippen molar-refractivity contribution in [2.75, 3.05) is 0 Å². The van der Waals surface area contributed by atoms with Crippen LogP contribution in [0.5, 0.6) is 0 Å². The van der Waals surface area contributed by atoms with Crippen molar-refractivity contribution >= 4 is 5.91 Å². The van der Waals surface area contributed by atoms with E-state index in [1.54, 1.807) is 0 Å². The van der Waals surface area contributed by atoms with E-state index in [2.05, 4.69) is 0 Å². The van der Waals surface area contributed by atoms with Crippen molar-refractivity contribution in [2.24, 2.45) is 11.1 Å². The van der Waals surface area contributed by atoms with Crippen LogP contribution in [0.15, 0.2) is 30.3 Å². The van der Waals surface area contributed by atoms with E-state index in [1.807, 2.05) is 51.1 Å². The maximum Gasteiger partial charge on any atom is 0.249 e. The quantitative estimate of drug-likeness (QED) is 0.837. The molecular formula is C14H21NO2. The summed E-state index contributed by atoms with van der Waals surface area (Å²) in [5.41, 5.74) is 4.39. The molecule has 1 amide bonds. The minimum absolute atomic E-state index is 0.343. The molecule has 1 unspecified atom stereocenters. The lowest BCUT2D eigenvalue weighted by molar-refractivity contribution is -0.149. The number of rotatable bonds is 4. The van der Waals surface area contributed by atoms with E-state index in [0.717, 1.165) is 5.56 Å². The standard InChI is InChI=1S/C14H21NO2/c1-13(2,3)14(17,12(15)16)10-9-11-7-5-4-6-8-11/h4-8,17H,9-10H2,1-3H3,(H2,15,16). The van der Waals surface area contributed by atoms with E-state index in [4.69, 9.17) is 5.73 Å². The normalized spacial score (nSPS) is 15.3. The second-order valence-electron chi connectivity index (χ2n) is 5.46. The fourth-order valence-corrected chi connectivity index (χ4v) is 1.84. The Labute approximate surface area is 103 Å². The molecule has 0 aromatic heterocycles. The van der Waals surface area contributed by atoms with Gasteiger partial charge in [0, 0.05) is 0 Å². The molecular weight excluding hydrogens is 214 g/mol. The number of aliphatic hydroxyl groups is 1. The Morgan fingerprint density at radius 2 is 1.76 bits per heavy atom. The van der Waals surface area contributed by atoms with Crippen LogP contribution in [-0.4, -0.2) is 16.6 Å². The highest BCUT2D eigenvalue weighted by Crippen LogP contribution is 2.34. The number of aryl methyl sites for hydroxylation is 1. The molecule has 3 heteroatoms. The van der Waals surface area contributed by atoms with Gasteiger partial charge in [0.25, 0.3) is 0 Å². The SMILES string of the molecule is CC(C)(C)C(O)(CCc1ccccc1)C(N)=O. The van der Waals surface area contributed by atoms with Crippen molar-refractivity contribution in [3.63, 3.8) is 0 Å². The zero-order valence-corrected chi connectivity index (χ0v) is 10.7. The Hall–Kier alpha value is -1.35. The molecule has 1 aromatic carbocycles. The van der Waals surface area contributed by atoms with Crippen molar-refractivity contribution in [1.29, 1.82) is 0 Å². The molecule has 94 valence electrons. The molecule has 3 N–H and O–H groups in total. The summed E-state index contributed by atoms with van der Waals surface area (Å²) in [5.74, 6) is -0.652. The summed E-state index contributed by atoms with van der Waals surface area (Å²) < 4.78 is 0. The first kappa shape index (κ1) is 13.7. The van der Waals surface area contributed by atoms with Crippen LogP contribution >= 0.6 is 0 Å². The highest BCUT2D eigenvalue weighted by atomic mass is 16.3. The van der Waals surface area contributed by atoms with Crippen molar-refractivity contribution < 1.29 is 9.90 Å². The van der Waals surface area contributed by atoms with Crippen molar-refractivity contribution in [1.82, 2.24) is 0 Å². The lowest BCUT2D eigenvalue weighted by atomic mass is 9.73. The van der Waals surface area contributed by atoms with Crippen molar-refractivity contribution in [3.8, 4) is 0 Å². The van der Waals surface area contributed by atoms with Crippen LogP contribution in [0, 0.1) is 5.41 Å². The molecule has 0 fully saturated rings. The number of hydrogen-bond donors (Lipinski definition) is 2. The fourth-order valence-electron chi connectivity index (χ4n) is 1.84. The summed E-state index contributed by atoms with van der Waals surface area (Å²) in [5, 5.41) is 10.4. The smallest absolute Gasteiger partial charge is 0.249 e. The Balaban J connectivity index is 2.80. The number of hydrogen-bond acceptors (Lipinski definition) is 2. The zero-order valence-electron chi connectivity index (χ0n) is 10.7. The van der Waals surface area contributed by atoms with Gasteiger partial charge in [0.05, 0.1) is 0 Å². The Kier molecular flexibility index (Phi) is 3.94.